The van der Waals surface area contributed by atoms with E-state index in [4.69, 9.17) is 16.3 Å². The first-order valence-electron chi connectivity index (χ1n) is 8.25. The zero-order valence-electron chi connectivity index (χ0n) is 14.7. The average Bonchev–Trinajstić information content (AvgIpc) is 3.06. The molecule has 2 heterocycles. The lowest BCUT2D eigenvalue weighted by Gasteiger charge is -2.13. The quantitative estimate of drug-likeness (QED) is 0.539. The van der Waals surface area contributed by atoms with Gasteiger partial charge in [-0.1, -0.05) is 11.6 Å². The predicted octanol–water partition coefficient (Wildman–Crippen LogP) is 1.76. The second-order valence-corrected chi connectivity index (χ2v) is 6.26. The molecule has 4 N–H and O–H groups in total. The molecule has 0 saturated heterocycles. The van der Waals surface area contributed by atoms with Crippen LogP contribution < -0.4 is 16.0 Å². The molecule has 1 aliphatic rings. The largest absolute Gasteiger partial charge is 0.383 e. The maximum absolute atomic E-state index is 12.5. The number of H-pyrrole nitrogens is 1. The average molecular weight is 414 g/mol. The van der Waals surface area contributed by atoms with E-state index in [1.807, 2.05) is 0 Å². The van der Waals surface area contributed by atoms with Crippen LogP contribution in [0.5, 0.6) is 0 Å². The SMILES string of the molecule is COCCNC(=O)c1ccc(NC(=O)c2n[nH]c3c2CNCC3)cc1Cl.Cl. The van der Waals surface area contributed by atoms with E-state index in [1.54, 1.807) is 25.3 Å². The first-order valence-corrected chi connectivity index (χ1v) is 8.63. The van der Waals surface area contributed by atoms with Gasteiger partial charge in [0, 0.05) is 50.1 Å². The molecule has 0 fully saturated rings. The highest BCUT2D eigenvalue weighted by Crippen LogP contribution is 2.22. The van der Waals surface area contributed by atoms with Gasteiger partial charge >= 0.3 is 0 Å². The molecule has 0 radical (unpaired) electrons. The van der Waals surface area contributed by atoms with Crippen LogP contribution in [0, 0.1) is 0 Å². The summed E-state index contributed by atoms with van der Waals surface area (Å²) in [5.74, 6) is -0.614. The van der Waals surface area contributed by atoms with Crippen molar-refractivity contribution in [3.63, 3.8) is 0 Å². The van der Waals surface area contributed by atoms with Crippen LogP contribution in [0.4, 0.5) is 5.69 Å². The third kappa shape index (κ3) is 4.98. The number of hydrogen-bond acceptors (Lipinski definition) is 5. The normalized spacial score (nSPS) is 12.7. The molecule has 0 spiro atoms. The lowest BCUT2D eigenvalue weighted by molar-refractivity contribution is 0.0936. The van der Waals surface area contributed by atoms with Gasteiger partial charge in [0.05, 0.1) is 17.2 Å². The Morgan fingerprint density at radius 1 is 1.33 bits per heavy atom. The first-order chi connectivity index (χ1) is 12.6. The monoisotopic (exact) mass is 413 g/mol. The number of nitrogens with one attached hydrogen (secondary N) is 4. The molecule has 0 unspecified atom stereocenters. The summed E-state index contributed by atoms with van der Waals surface area (Å²) in [6.45, 7) is 2.28. The molecule has 27 heavy (non-hydrogen) atoms. The van der Waals surface area contributed by atoms with Crippen molar-refractivity contribution in [2.24, 2.45) is 0 Å². The Labute approximate surface area is 167 Å². The Morgan fingerprint density at radius 3 is 2.89 bits per heavy atom. The van der Waals surface area contributed by atoms with Gasteiger partial charge < -0.3 is 20.7 Å². The molecule has 0 bridgehead atoms. The van der Waals surface area contributed by atoms with Crippen LogP contribution in [-0.4, -0.2) is 48.8 Å². The maximum atomic E-state index is 12.5. The second-order valence-electron chi connectivity index (χ2n) is 5.85. The summed E-state index contributed by atoms with van der Waals surface area (Å²) in [5.41, 5.74) is 3.06. The van der Waals surface area contributed by atoms with Crippen LogP contribution >= 0.6 is 24.0 Å². The van der Waals surface area contributed by atoms with Crippen molar-refractivity contribution < 1.29 is 14.3 Å². The molecule has 10 heteroatoms. The number of halogens is 2. The number of nitrogens with zero attached hydrogens (tertiary/aromatic N) is 1. The maximum Gasteiger partial charge on any atom is 0.276 e. The third-order valence-electron chi connectivity index (χ3n) is 4.08. The molecular formula is C17H21Cl2N5O3. The van der Waals surface area contributed by atoms with Crippen molar-refractivity contribution in [1.82, 2.24) is 20.8 Å². The Hall–Kier alpha value is -2.13. The van der Waals surface area contributed by atoms with E-state index in [2.05, 4.69) is 26.1 Å². The number of aromatic amines is 1. The minimum atomic E-state index is -0.320. The van der Waals surface area contributed by atoms with E-state index in [-0.39, 0.29) is 29.2 Å². The summed E-state index contributed by atoms with van der Waals surface area (Å²) in [5, 5.41) is 16.0. The Bertz CT molecular complexity index is 825. The van der Waals surface area contributed by atoms with E-state index in [0.717, 1.165) is 24.2 Å². The summed E-state index contributed by atoms with van der Waals surface area (Å²) in [6.07, 6.45) is 0.814. The first kappa shape index (κ1) is 21.2. The van der Waals surface area contributed by atoms with Crippen molar-refractivity contribution in [3.8, 4) is 0 Å². The Balaban J connectivity index is 0.00000261. The standard InChI is InChI=1S/C17H20ClN5O3.ClH/c1-26-7-6-20-16(24)11-3-2-10(8-13(11)18)21-17(25)15-12-9-19-5-4-14(12)22-23-15;/h2-3,8,19H,4-7,9H2,1H3,(H,20,24)(H,21,25)(H,22,23);1H. The molecule has 8 nitrogen and oxygen atoms in total. The van der Waals surface area contributed by atoms with Crippen molar-refractivity contribution in [3.05, 3.63) is 45.7 Å². The zero-order valence-corrected chi connectivity index (χ0v) is 16.3. The highest BCUT2D eigenvalue weighted by Gasteiger charge is 2.22. The fourth-order valence-corrected chi connectivity index (χ4v) is 3.01. The van der Waals surface area contributed by atoms with Crippen LogP contribution in [0.25, 0.3) is 0 Å². The molecule has 1 aromatic carbocycles. The Morgan fingerprint density at radius 2 is 2.15 bits per heavy atom. The zero-order chi connectivity index (χ0) is 18.5. The van der Waals surface area contributed by atoms with Gasteiger partial charge in [-0.3, -0.25) is 14.7 Å². The van der Waals surface area contributed by atoms with Gasteiger partial charge in [-0.2, -0.15) is 5.10 Å². The number of amides is 2. The molecule has 3 rings (SSSR count). The molecule has 2 amide bonds. The van der Waals surface area contributed by atoms with Gasteiger partial charge in [0.15, 0.2) is 5.69 Å². The summed E-state index contributed by atoms with van der Waals surface area (Å²) >= 11 is 6.19. The fraction of sp³-hybridized carbons (Fsp3) is 0.353. The number of fused-ring (bicyclic) bond motifs is 1. The van der Waals surface area contributed by atoms with E-state index >= 15 is 0 Å². The number of aromatic nitrogens is 2. The number of ether oxygens (including phenoxy) is 1. The van der Waals surface area contributed by atoms with Crippen molar-refractivity contribution >= 4 is 41.5 Å². The van der Waals surface area contributed by atoms with Gasteiger partial charge in [-0.05, 0) is 18.2 Å². The smallest absolute Gasteiger partial charge is 0.276 e. The Kier molecular flexibility index (Phi) is 7.61. The van der Waals surface area contributed by atoms with E-state index in [0.29, 0.717) is 36.6 Å². The molecule has 2 aromatic rings. The summed E-state index contributed by atoms with van der Waals surface area (Å²) in [4.78, 5) is 24.6. The molecule has 0 saturated carbocycles. The summed E-state index contributed by atoms with van der Waals surface area (Å²) in [6, 6.07) is 4.75. The van der Waals surface area contributed by atoms with E-state index in [9.17, 15) is 9.59 Å². The number of methoxy groups -OCH3 is 1. The van der Waals surface area contributed by atoms with Crippen molar-refractivity contribution in [2.45, 2.75) is 13.0 Å². The number of carbonyl (C=O) groups is 2. The minimum Gasteiger partial charge on any atom is -0.383 e. The van der Waals surface area contributed by atoms with Gasteiger partial charge in [0.1, 0.15) is 0 Å². The van der Waals surface area contributed by atoms with Crippen LogP contribution in [0.15, 0.2) is 18.2 Å². The summed E-state index contributed by atoms with van der Waals surface area (Å²) < 4.78 is 4.89. The lowest BCUT2D eigenvalue weighted by atomic mass is 10.1. The van der Waals surface area contributed by atoms with Gasteiger partial charge in [-0.15, -0.1) is 12.4 Å². The van der Waals surface area contributed by atoms with E-state index < -0.39 is 0 Å². The minimum absolute atomic E-state index is 0. The lowest BCUT2D eigenvalue weighted by Crippen LogP contribution is -2.27. The molecule has 1 aromatic heterocycles. The molecule has 0 aliphatic carbocycles. The molecule has 1 aliphatic heterocycles. The number of anilines is 1. The van der Waals surface area contributed by atoms with Gasteiger partial charge in [0.25, 0.3) is 11.8 Å². The predicted molar refractivity (Wildman–Crippen MR) is 105 cm³/mol. The number of rotatable bonds is 6. The number of carbonyl (C=O) groups excluding carboxylic acids is 2. The van der Waals surface area contributed by atoms with Crippen LogP contribution in [-0.2, 0) is 17.7 Å². The highest BCUT2D eigenvalue weighted by atomic mass is 35.5. The topological polar surface area (TPSA) is 108 Å². The number of hydrogen-bond donors (Lipinski definition) is 4. The molecule has 0 atom stereocenters. The van der Waals surface area contributed by atoms with Crippen molar-refractivity contribution in [1.29, 1.82) is 0 Å². The van der Waals surface area contributed by atoms with Crippen LogP contribution in [0.3, 0.4) is 0 Å². The third-order valence-corrected chi connectivity index (χ3v) is 4.40. The second kappa shape index (κ2) is 9.70. The molecular weight excluding hydrogens is 393 g/mol. The van der Waals surface area contributed by atoms with Crippen LogP contribution in [0.2, 0.25) is 5.02 Å². The fourth-order valence-electron chi connectivity index (χ4n) is 2.74. The van der Waals surface area contributed by atoms with Crippen molar-refractivity contribution in [2.75, 3.05) is 32.1 Å². The highest BCUT2D eigenvalue weighted by molar-refractivity contribution is 6.34. The number of benzene rings is 1. The van der Waals surface area contributed by atoms with Gasteiger partial charge in [-0.25, -0.2) is 0 Å². The van der Waals surface area contributed by atoms with Gasteiger partial charge in [0.2, 0.25) is 0 Å². The summed E-state index contributed by atoms with van der Waals surface area (Å²) in [7, 11) is 1.56. The van der Waals surface area contributed by atoms with E-state index in [1.165, 1.54) is 0 Å². The molecule has 146 valence electrons. The van der Waals surface area contributed by atoms with Crippen LogP contribution in [0.1, 0.15) is 32.1 Å².